The van der Waals surface area contributed by atoms with E-state index >= 15 is 0 Å². The second kappa shape index (κ2) is 11.2. The molecule has 0 fully saturated rings. The Balaban J connectivity index is 1.42. The third-order valence-electron chi connectivity index (χ3n) is 4.84. The number of benzene rings is 2. The van der Waals surface area contributed by atoms with E-state index in [2.05, 4.69) is 20.9 Å². The molecule has 160 valence electrons. The predicted octanol–water partition coefficient (Wildman–Crippen LogP) is 2.63. The number of fused-ring (bicyclic) bond motifs is 1. The summed E-state index contributed by atoms with van der Waals surface area (Å²) >= 11 is 0. The second-order valence-electron chi connectivity index (χ2n) is 7.12. The highest BCUT2D eigenvalue weighted by molar-refractivity contribution is 5.94. The van der Waals surface area contributed by atoms with Crippen molar-refractivity contribution in [3.63, 3.8) is 0 Å². The van der Waals surface area contributed by atoms with Gasteiger partial charge < -0.3 is 25.8 Å². The van der Waals surface area contributed by atoms with Gasteiger partial charge in [0.25, 0.3) is 0 Å². The SMILES string of the molecule is CCNC(=NCCC(O)c1ccccc1)NCCOc1ccc2c(c1)CCC(=O)N2. The van der Waals surface area contributed by atoms with Crippen molar-refractivity contribution < 1.29 is 14.6 Å². The van der Waals surface area contributed by atoms with Gasteiger partial charge in [0.1, 0.15) is 12.4 Å². The summed E-state index contributed by atoms with van der Waals surface area (Å²) in [4.78, 5) is 16.0. The quantitative estimate of drug-likeness (QED) is 0.290. The number of guanidine groups is 1. The monoisotopic (exact) mass is 410 g/mol. The van der Waals surface area contributed by atoms with Gasteiger partial charge in [0.15, 0.2) is 5.96 Å². The molecule has 0 aliphatic carbocycles. The molecule has 30 heavy (non-hydrogen) atoms. The molecule has 0 saturated heterocycles. The van der Waals surface area contributed by atoms with Gasteiger partial charge in [-0.1, -0.05) is 30.3 Å². The number of aliphatic hydroxyl groups excluding tert-OH is 1. The average Bonchev–Trinajstić information content (AvgIpc) is 2.77. The van der Waals surface area contributed by atoms with Crippen LogP contribution in [-0.2, 0) is 11.2 Å². The van der Waals surface area contributed by atoms with Crippen LogP contribution in [0.1, 0.15) is 37.0 Å². The van der Waals surface area contributed by atoms with E-state index in [0.717, 1.165) is 35.5 Å². The first-order chi connectivity index (χ1) is 14.7. The van der Waals surface area contributed by atoms with E-state index in [9.17, 15) is 9.90 Å². The van der Waals surface area contributed by atoms with Crippen molar-refractivity contribution in [2.45, 2.75) is 32.3 Å². The number of carbonyl (C=O) groups excluding carboxylic acids is 1. The van der Waals surface area contributed by atoms with Crippen LogP contribution in [0.25, 0.3) is 0 Å². The van der Waals surface area contributed by atoms with Crippen molar-refractivity contribution in [1.29, 1.82) is 0 Å². The molecule has 1 atom stereocenters. The molecule has 1 heterocycles. The third-order valence-corrected chi connectivity index (χ3v) is 4.84. The summed E-state index contributed by atoms with van der Waals surface area (Å²) in [6, 6.07) is 15.4. The Kier molecular flexibility index (Phi) is 8.09. The van der Waals surface area contributed by atoms with E-state index in [-0.39, 0.29) is 5.91 Å². The van der Waals surface area contributed by atoms with E-state index in [1.54, 1.807) is 0 Å². The molecule has 4 N–H and O–H groups in total. The number of aliphatic imine (C=N–C) groups is 1. The Morgan fingerprint density at radius 1 is 1.20 bits per heavy atom. The molecule has 0 saturated carbocycles. The molecular formula is C23H30N4O3. The van der Waals surface area contributed by atoms with Gasteiger partial charge in [-0.25, -0.2) is 0 Å². The molecule has 1 aliphatic heterocycles. The van der Waals surface area contributed by atoms with Gasteiger partial charge in [-0.2, -0.15) is 0 Å². The molecule has 0 aromatic heterocycles. The number of hydrogen-bond donors (Lipinski definition) is 4. The number of carbonyl (C=O) groups is 1. The number of nitrogens with zero attached hydrogens (tertiary/aromatic N) is 1. The zero-order valence-electron chi connectivity index (χ0n) is 17.4. The first kappa shape index (κ1) is 21.6. The van der Waals surface area contributed by atoms with Gasteiger partial charge in [0, 0.05) is 25.2 Å². The molecule has 7 heteroatoms. The van der Waals surface area contributed by atoms with Crippen molar-refractivity contribution in [2.24, 2.45) is 4.99 Å². The van der Waals surface area contributed by atoms with Gasteiger partial charge in [-0.3, -0.25) is 9.79 Å². The fourth-order valence-corrected chi connectivity index (χ4v) is 3.27. The van der Waals surface area contributed by atoms with Crippen LogP contribution >= 0.6 is 0 Å². The first-order valence-corrected chi connectivity index (χ1v) is 10.5. The summed E-state index contributed by atoms with van der Waals surface area (Å²) in [5, 5.41) is 19.6. The number of aryl methyl sites for hydroxylation is 1. The minimum atomic E-state index is -0.519. The molecule has 2 aromatic carbocycles. The van der Waals surface area contributed by atoms with E-state index in [0.29, 0.717) is 38.5 Å². The number of aliphatic hydroxyl groups is 1. The van der Waals surface area contributed by atoms with Crippen LogP contribution in [0.15, 0.2) is 53.5 Å². The molecule has 1 unspecified atom stereocenters. The van der Waals surface area contributed by atoms with Crippen LogP contribution in [0, 0.1) is 0 Å². The fraction of sp³-hybridized carbons (Fsp3) is 0.391. The van der Waals surface area contributed by atoms with E-state index in [4.69, 9.17) is 4.74 Å². The summed E-state index contributed by atoms with van der Waals surface area (Å²) in [6.07, 6.45) is 1.29. The van der Waals surface area contributed by atoms with Crippen LogP contribution in [0.3, 0.4) is 0 Å². The lowest BCUT2D eigenvalue weighted by atomic mass is 10.0. The third kappa shape index (κ3) is 6.49. The fourth-order valence-electron chi connectivity index (χ4n) is 3.27. The number of amides is 1. The standard InChI is InChI=1S/C23H30N4O3/c1-2-24-23(25-13-12-21(28)17-6-4-3-5-7-17)26-14-15-30-19-9-10-20-18(16-19)8-11-22(29)27-20/h3-7,9-10,16,21,28H,2,8,11-15H2,1H3,(H,27,29)(H2,24,25,26). The van der Waals surface area contributed by atoms with Crippen LogP contribution in [0.5, 0.6) is 5.75 Å². The lowest BCUT2D eigenvalue weighted by Gasteiger charge is -2.18. The molecule has 0 spiro atoms. The maximum absolute atomic E-state index is 11.4. The van der Waals surface area contributed by atoms with Gasteiger partial charge in [0.05, 0.1) is 12.6 Å². The Morgan fingerprint density at radius 3 is 2.83 bits per heavy atom. The summed E-state index contributed by atoms with van der Waals surface area (Å²) in [7, 11) is 0. The number of ether oxygens (including phenoxy) is 1. The summed E-state index contributed by atoms with van der Waals surface area (Å²) in [5.74, 6) is 1.56. The number of anilines is 1. The van der Waals surface area contributed by atoms with Gasteiger partial charge in [-0.15, -0.1) is 0 Å². The van der Waals surface area contributed by atoms with Crippen LogP contribution < -0.4 is 20.7 Å². The van der Waals surface area contributed by atoms with Crippen LogP contribution in [-0.4, -0.2) is 43.2 Å². The van der Waals surface area contributed by atoms with Gasteiger partial charge >= 0.3 is 0 Å². The van der Waals surface area contributed by atoms with Gasteiger partial charge in [0.2, 0.25) is 5.91 Å². The number of hydrogen-bond acceptors (Lipinski definition) is 4. The van der Waals surface area contributed by atoms with Crippen molar-refractivity contribution in [2.75, 3.05) is 31.6 Å². The van der Waals surface area contributed by atoms with Crippen LogP contribution in [0.4, 0.5) is 5.69 Å². The Bertz CT molecular complexity index is 855. The Morgan fingerprint density at radius 2 is 2.03 bits per heavy atom. The zero-order chi connectivity index (χ0) is 21.2. The smallest absolute Gasteiger partial charge is 0.224 e. The zero-order valence-corrected chi connectivity index (χ0v) is 17.4. The molecule has 1 amide bonds. The highest BCUT2D eigenvalue weighted by atomic mass is 16.5. The largest absolute Gasteiger partial charge is 0.492 e. The van der Waals surface area contributed by atoms with E-state index in [1.807, 2.05) is 55.5 Å². The summed E-state index contributed by atoms with van der Waals surface area (Å²) in [6.45, 7) is 4.37. The minimum absolute atomic E-state index is 0.0619. The maximum atomic E-state index is 11.4. The van der Waals surface area contributed by atoms with Crippen molar-refractivity contribution in [3.8, 4) is 5.75 Å². The van der Waals surface area contributed by atoms with Crippen LogP contribution in [0.2, 0.25) is 0 Å². The lowest BCUT2D eigenvalue weighted by molar-refractivity contribution is -0.116. The Hall–Kier alpha value is -3.06. The average molecular weight is 411 g/mol. The summed E-state index contributed by atoms with van der Waals surface area (Å²) in [5.41, 5.74) is 2.88. The molecule has 7 nitrogen and oxygen atoms in total. The minimum Gasteiger partial charge on any atom is -0.492 e. The second-order valence-corrected chi connectivity index (χ2v) is 7.12. The summed E-state index contributed by atoms with van der Waals surface area (Å²) < 4.78 is 5.83. The maximum Gasteiger partial charge on any atom is 0.224 e. The molecule has 2 aromatic rings. The highest BCUT2D eigenvalue weighted by Gasteiger charge is 2.15. The molecular weight excluding hydrogens is 380 g/mol. The normalized spacial score (nSPS) is 14.5. The molecule has 0 bridgehead atoms. The predicted molar refractivity (Wildman–Crippen MR) is 119 cm³/mol. The topological polar surface area (TPSA) is 95.0 Å². The molecule has 1 aliphatic rings. The van der Waals surface area contributed by atoms with Gasteiger partial charge in [-0.05, 0) is 49.1 Å². The van der Waals surface area contributed by atoms with E-state index < -0.39 is 6.10 Å². The highest BCUT2D eigenvalue weighted by Crippen LogP contribution is 2.26. The molecule has 0 radical (unpaired) electrons. The van der Waals surface area contributed by atoms with Crippen molar-refractivity contribution >= 4 is 17.6 Å². The van der Waals surface area contributed by atoms with Crippen molar-refractivity contribution in [3.05, 3.63) is 59.7 Å². The van der Waals surface area contributed by atoms with Crippen molar-refractivity contribution in [1.82, 2.24) is 10.6 Å². The molecule has 3 rings (SSSR count). The van der Waals surface area contributed by atoms with E-state index in [1.165, 1.54) is 0 Å². The Labute approximate surface area is 177 Å². The first-order valence-electron chi connectivity index (χ1n) is 10.5. The number of nitrogens with one attached hydrogen (secondary N) is 3. The number of rotatable bonds is 9. The lowest BCUT2D eigenvalue weighted by Crippen LogP contribution is -2.39.